The first kappa shape index (κ1) is 28.4. The summed E-state index contributed by atoms with van der Waals surface area (Å²) < 4.78 is 46.3. The van der Waals surface area contributed by atoms with Crippen LogP contribution in [0.1, 0.15) is 48.5 Å². The summed E-state index contributed by atoms with van der Waals surface area (Å²) in [4.78, 5) is 36.7. The molecule has 0 radical (unpaired) electrons. The number of benzene rings is 1. The Bertz CT molecular complexity index is 1140. The van der Waals surface area contributed by atoms with Crippen molar-refractivity contribution in [3.63, 3.8) is 0 Å². The first-order valence-electron chi connectivity index (χ1n) is 13.1. The largest absolute Gasteiger partial charge is 0.450 e. The van der Waals surface area contributed by atoms with Gasteiger partial charge in [0.15, 0.2) is 0 Å². The van der Waals surface area contributed by atoms with Gasteiger partial charge in [0.05, 0.1) is 12.6 Å². The van der Waals surface area contributed by atoms with Crippen LogP contribution in [0.3, 0.4) is 0 Å². The molecule has 3 N–H and O–H groups in total. The third-order valence-corrected chi connectivity index (χ3v) is 6.94. The number of hydrogen-bond acceptors (Lipinski definition) is 8. The summed E-state index contributed by atoms with van der Waals surface area (Å²) >= 11 is 0. The number of nitrogens with zero attached hydrogens (tertiary/aromatic N) is 4. The molecule has 0 bridgehead atoms. The number of hydrogen-bond donors (Lipinski definition) is 3. The molecule has 2 aromatic rings. The molecule has 0 spiro atoms. The number of piperazine rings is 1. The van der Waals surface area contributed by atoms with Gasteiger partial charge in [-0.1, -0.05) is 12.8 Å². The molecule has 212 valence electrons. The van der Waals surface area contributed by atoms with E-state index in [2.05, 4.69) is 30.8 Å². The Morgan fingerprint density at radius 2 is 1.72 bits per heavy atom. The average molecular weight is 550 g/mol. The van der Waals surface area contributed by atoms with Crippen LogP contribution in [0.4, 0.5) is 35.4 Å². The van der Waals surface area contributed by atoms with E-state index in [-0.39, 0.29) is 24.3 Å². The number of carbonyl (C=O) groups is 2. The second-order valence-electron chi connectivity index (χ2n) is 9.76. The highest BCUT2D eigenvalue weighted by molar-refractivity contribution is 5.94. The van der Waals surface area contributed by atoms with Gasteiger partial charge >= 0.3 is 12.3 Å². The van der Waals surface area contributed by atoms with Crippen LogP contribution in [0.25, 0.3) is 0 Å². The van der Waals surface area contributed by atoms with E-state index >= 15 is 0 Å². The summed E-state index contributed by atoms with van der Waals surface area (Å²) in [5, 5.41) is 8.57. The number of rotatable bonds is 7. The van der Waals surface area contributed by atoms with Crippen LogP contribution in [-0.4, -0.2) is 83.7 Å². The highest BCUT2D eigenvalue weighted by Crippen LogP contribution is 2.35. The Morgan fingerprint density at radius 3 is 2.36 bits per heavy atom. The van der Waals surface area contributed by atoms with Crippen molar-refractivity contribution >= 4 is 29.5 Å². The molecule has 0 unspecified atom stereocenters. The van der Waals surface area contributed by atoms with Gasteiger partial charge in [0.1, 0.15) is 11.4 Å². The van der Waals surface area contributed by atoms with Crippen LogP contribution in [-0.2, 0) is 10.9 Å². The second-order valence-corrected chi connectivity index (χ2v) is 9.76. The van der Waals surface area contributed by atoms with E-state index in [0.29, 0.717) is 37.2 Å². The minimum Gasteiger partial charge on any atom is -0.450 e. The summed E-state index contributed by atoms with van der Waals surface area (Å²) in [7, 11) is 2.01. The van der Waals surface area contributed by atoms with Crippen LogP contribution in [0.2, 0.25) is 0 Å². The maximum absolute atomic E-state index is 13.8. The van der Waals surface area contributed by atoms with E-state index < -0.39 is 29.9 Å². The van der Waals surface area contributed by atoms with Gasteiger partial charge in [-0.2, -0.15) is 18.2 Å². The van der Waals surface area contributed by atoms with Gasteiger partial charge in [-0.15, -0.1) is 0 Å². The third kappa shape index (κ3) is 7.49. The maximum atomic E-state index is 13.8. The van der Waals surface area contributed by atoms with Crippen LogP contribution in [0.5, 0.6) is 0 Å². The number of alkyl halides is 3. The SMILES string of the molecule is CCOC(=O)N[C@H]1CCCC[C@H]1Nc1nc(Nc2ccc(C(=O)N3CCN(C)CC3)cc2)ncc1C(F)(F)F. The monoisotopic (exact) mass is 549 g/mol. The summed E-state index contributed by atoms with van der Waals surface area (Å²) in [5.41, 5.74) is 0.0509. The summed E-state index contributed by atoms with van der Waals surface area (Å²) in [6, 6.07) is 5.79. The molecule has 1 saturated carbocycles. The molecule has 13 heteroatoms. The van der Waals surface area contributed by atoms with Gasteiger partial charge < -0.3 is 30.5 Å². The number of ether oxygens (including phenoxy) is 1. The zero-order chi connectivity index (χ0) is 28.0. The number of alkyl carbamates (subject to hydrolysis) is 1. The predicted molar refractivity (Wildman–Crippen MR) is 140 cm³/mol. The third-order valence-electron chi connectivity index (χ3n) is 6.94. The molecule has 1 aromatic carbocycles. The maximum Gasteiger partial charge on any atom is 0.421 e. The Hall–Kier alpha value is -3.61. The van der Waals surface area contributed by atoms with Crippen LogP contribution in [0.15, 0.2) is 30.5 Å². The molecule has 2 aliphatic rings. The van der Waals surface area contributed by atoms with Crippen molar-refractivity contribution in [1.82, 2.24) is 25.1 Å². The fourth-order valence-electron chi connectivity index (χ4n) is 4.75. The highest BCUT2D eigenvalue weighted by atomic mass is 19.4. The molecule has 39 heavy (non-hydrogen) atoms. The molecule has 2 atom stereocenters. The minimum absolute atomic E-state index is 0.0330. The van der Waals surface area contributed by atoms with Crippen molar-refractivity contribution in [2.45, 2.75) is 50.9 Å². The minimum atomic E-state index is -4.68. The van der Waals surface area contributed by atoms with Gasteiger partial charge in [0.2, 0.25) is 5.95 Å². The van der Waals surface area contributed by atoms with Crippen molar-refractivity contribution in [3.05, 3.63) is 41.6 Å². The lowest BCUT2D eigenvalue weighted by atomic mass is 9.90. The van der Waals surface area contributed by atoms with E-state index in [0.717, 1.165) is 32.1 Å². The predicted octanol–water partition coefficient (Wildman–Crippen LogP) is 4.10. The van der Waals surface area contributed by atoms with Gasteiger partial charge in [-0.05, 0) is 51.1 Å². The fraction of sp³-hybridized carbons (Fsp3) is 0.538. The molecule has 10 nitrogen and oxygen atoms in total. The molecular weight excluding hydrogens is 515 g/mol. The van der Waals surface area contributed by atoms with Crippen molar-refractivity contribution in [2.75, 3.05) is 50.5 Å². The molecule has 1 aliphatic carbocycles. The molecule has 2 fully saturated rings. The summed E-state index contributed by atoms with van der Waals surface area (Å²) in [5.74, 6) is -0.468. The number of aromatic nitrogens is 2. The Morgan fingerprint density at radius 1 is 1.05 bits per heavy atom. The fourth-order valence-corrected chi connectivity index (χ4v) is 4.75. The first-order chi connectivity index (χ1) is 18.6. The molecule has 4 rings (SSSR count). The molecule has 2 heterocycles. The zero-order valence-electron chi connectivity index (χ0n) is 22.1. The number of nitrogens with one attached hydrogen (secondary N) is 3. The second kappa shape index (κ2) is 12.5. The van der Waals surface area contributed by atoms with Crippen LogP contribution >= 0.6 is 0 Å². The number of likely N-dealkylation sites (N-methyl/N-ethyl adjacent to an activating group) is 1. The summed E-state index contributed by atoms with van der Waals surface area (Å²) in [6.07, 6.45) is -1.74. The Labute approximate surface area is 225 Å². The van der Waals surface area contributed by atoms with Gasteiger partial charge in [-0.25, -0.2) is 9.78 Å². The van der Waals surface area contributed by atoms with E-state index in [1.165, 1.54) is 0 Å². The quantitative estimate of drug-likeness (QED) is 0.474. The molecule has 1 aromatic heterocycles. The van der Waals surface area contributed by atoms with Crippen LogP contribution < -0.4 is 16.0 Å². The lowest BCUT2D eigenvalue weighted by Crippen LogP contribution is -2.49. The normalized spacial score (nSPS) is 20.3. The first-order valence-corrected chi connectivity index (χ1v) is 13.1. The van der Waals surface area contributed by atoms with Gasteiger partial charge in [0.25, 0.3) is 5.91 Å². The van der Waals surface area contributed by atoms with Crippen molar-refractivity contribution in [1.29, 1.82) is 0 Å². The molecule has 2 amide bonds. The lowest BCUT2D eigenvalue weighted by Gasteiger charge is -2.33. The smallest absolute Gasteiger partial charge is 0.421 e. The Balaban J connectivity index is 1.48. The lowest BCUT2D eigenvalue weighted by molar-refractivity contribution is -0.137. The van der Waals surface area contributed by atoms with E-state index in [9.17, 15) is 22.8 Å². The number of amides is 2. The van der Waals surface area contributed by atoms with Crippen LogP contribution in [0, 0.1) is 0 Å². The van der Waals surface area contributed by atoms with E-state index in [1.807, 2.05) is 7.05 Å². The average Bonchev–Trinajstić information content (AvgIpc) is 2.90. The standard InChI is InChI=1S/C26H34F3N7O3/c1-3-39-25(38)33-21-7-5-4-6-20(21)32-22-19(26(27,28)29)16-30-24(34-22)31-18-10-8-17(9-11-18)23(37)36-14-12-35(2)13-15-36/h8-11,16,20-21H,3-7,12-15H2,1-2H3,(H,33,38)(H2,30,31,32,34)/t20-,21+/m1/s1. The van der Waals surface area contributed by atoms with E-state index in [1.54, 1.807) is 36.1 Å². The van der Waals surface area contributed by atoms with E-state index in [4.69, 9.17) is 4.74 Å². The van der Waals surface area contributed by atoms with Crippen molar-refractivity contribution in [2.24, 2.45) is 0 Å². The van der Waals surface area contributed by atoms with Gasteiger partial charge in [0, 0.05) is 49.7 Å². The number of carbonyl (C=O) groups excluding carboxylic acids is 2. The number of anilines is 3. The highest BCUT2D eigenvalue weighted by Gasteiger charge is 2.37. The molecule has 1 saturated heterocycles. The topological polar surface area (TPSA) is 112 Å². The number of halogens is 3. The Kier molecular flexibility index (Phi) is 9.10. The zero-order valence-corrected chi connectivity index (χ0v) is 22.1. The van der Waals surface area contributed by atoms with Crippen molar-refractivity contribution in [3.8, 4) is 0 Å². The summed E-state index contributed by atoms with van der Waals surface area (Å²) in [6.45, 7) is 4.81. The van der Waals surface area contributed by atoms with Gasteiger partial charge in [-0.3, -0.25) is 4.79 Å². The molecule has 1 aliphatic heterocycles. The molecular formula is C26H34F3N7O3. The van der Waals surface area contributed by atoms with Crippen molar-refractivity contribution < 1.29 is 27.5 Å².